The van der Waals surface area contributed by atoms with Crippen molar-refractivity contribution in [3.8, 4) is 0 Å². The molecule has 0 aromatic heterocycles. The zero-order valence-electron chi connectivity index (χ0n) is 12.8. The van der Waals surface area contributed by atoms with Crippen molar-refractivity contribution in [3.05, 3.63) is 64.1 Å². The number of halogens is 3. The van der Waals surface area contributed by atoms with E-state index in [0.29, 0.717) is 20.4 Å². The lowest BCUT2D eigenvalue weighted by Crippen LogP contribution is -2.36. The molecule has 0 aromatic rings. The van der Waals surface area contributed by atoms with Crippen molar-refractivity contribution >= 4 is 43.5 Å². The molecule has 2 aliphatic rings. The van der Waals surface area contributed by atoms with Crippen LogP contribution in [0.1, 0.15) is 13.3 Å². The maximum Gasteiger partial charge on any atom is 0.289 e. The fourth-order valence-electron chi connectivity index (χ4n) is 2.19. The maximum absolute atomic E-state index is 11.1. The summed E-state index contributed by atoms with van der Waals surface area (Å²) >= 11 is 12.4. The van der Waals surface area contributed by atoms with Crippen LogP contribution in [-0.4, -0.2) is 28.2 Å². The molecule has 0 fully saturated rings. The lowest BCUT2D eigenvalue weighted by molar-refractivity contribution is -0.421. The highest BCUT2D eigenvalue weighted by atomic mass is 79.9. The molecule has 0 radical (unpaired) electrons. The van der Waals surface area contributed by atoms with Crippen molar-refractivity contribution in [3.63, 3.8) is 0 Å². The minimum Gasteiger partial charge on any atom is -0.363 e. The first-order valence-corrected chi connectivity index (χ1v) is 8.98. The van der Waals surface area contributed by atoms with E-state index in [1.165, 1.54) is 12.2 Å². The number of nitro groups is 2. The average molecular weight is 501 g/mol. The molecule has 2 aliphatic heterocycles. The summed E-state index contributed by atoms with van der Waals surface area (Å²) in [6.45, 7) is 1.71. The van der Waals surface area contributed by atoms with E-state index in [4.69, 9.17) is 16.3 Å². The van der Waals surface area contributed by atoms with Gasteiger partial charge in [0.25, 0.3) is 11.4 Å². The molecule has 2 unspecified atom stereocenters. The number of alkyl halides is 1. The van der Waals surface area contributed by atoms with Gasteiger partial charge in [-0.05, 0) is 6.92 Å². The first kappa shape index (κ1) is 19.9. The summed E-state index contributed by atoms with van der Waals surface area (Å²) in [5.74, 6) is 0. The molecule has 0 bridgehead atoms. The van der Waals surface area contributed by atoms with Crippen LogP contribution in [0.5, 0.6) is 0 Å². The molecule has 2 atom stereocenters. The second-order valence-electron chi connectivity index (χ2n) is 5.10. The van der Waals surface area contributed by atoms with Crippen LogP contribution in [0.25, 0.3) is 0 Å². The third-order valence-electron chi connectivity index (χ3n) is 3.41. The molecule has 2 N–H and O–H groups in total. The van der Waals surface area contributed by atoms with Crippen molar-refractivity contribution in [1.29, 1.82) is 0 Å². The van der Waals surface area contributed by atoms with Gasteiger partial charge < -0.3 is 15.4 Å². The molecule has 136 valence electrons. The fourth-order valence-corrected chi connectivity index (χ4v) is 3.18. The predicted molar refractivity (Wildman–Crippen MR) is 98.0 cm³/mol. The van der Waals surface area contributed by atoms with Gasteiger partial charge >= 0.3 is 0 Å². The van der Waals surface area contributed by atoms with Gasteiger partial charge in [-0.1, -0.05) is 43.5 Å². The monoisotopic (exact) mass is 498 g/mol. The van der Waals surface area contributed by atoms with Crippen LogP contribution in [0.2, 0.25) is 0 Å². The highest BCUT2D eigenvalue weighted by Crippen LogP contribution is 2.27. The number of ether oxygens (including phenoxy) is 1. The molecule has 2 rings (SSSR count). The van der Waals surface area contributed by atoms with Gasteiger partial charge in [0.1, 0.15) is 5.50 Å². The molecule has 0 saturated carbocycles. The Kier molecular flexibility index (Phi) is 6.60. The smallest absolute Gasteiger partial charge is 0.289 e. The largest absolute Gasteiger partial charge is 0.363 e. The Bertz CT molecular complexity index is 734. The zero-order valence-corrected chi connectivity index (χ0v) is 16.7. The third kappa shape index (κ3) is 4.81. The molecule has 0 spiro atoms. The summed E-state index contributed by atoms with van der Waals surface area (Å²) in [5.41, 5.74) is -0.0236. The lowest BCUT2D eigenvalue weighted by atomic mass is 10.2. The van der Waals surface area contributed by atoms with Gasteiger partial charge in [-0.25, -0.2) is 0 Å². The SMILES string of the molecule is CC1=C([N+](=O)[O-])C=C(Br)C(OCCC2=C([N+](=O)[O-])C=C(Br)C(Cl)N2)N1. The van der Waals surface area contributed by atoms with Crippen LogP contribution < -0.4 is 10.6 Å². The van der Waals surface area contributed by atoms with E-state index < -0.39 is 21.6 Å². The third-order valence-corrected chi connectivity index (χ3v) is 5.35. The highest BCUT2D eigenvalue weighted by molar-refractivity contribution is 9.12. The molecule has 9 nitrogen and oxygen atoms in total. The first-order valence-electron chi connectivity index (χ1n) is 6.96. The number of hydrogen-bond acceptors (Lipinski definition) is 7. The van der Waals surface area contributed by atoms with Crippen LogP contribution in [0.15, 0.2) is 43.9 Å². The number of rotatable bonds is 6. The van der Waals surface area contributed by atoms with Crippen molar-refractivity contribution < 1.29 is 14.6 Å². The Balaban J connectivity index is 2.01. The number of allylic oxidation sites excluding steroid dienone is 3. The van der Waals surface area contributed by atoms with E-state index in [-0.39, 0.29) is 24.4 Å². The van der Waals surface area contributed by atoms with Gasteiger partial charge in [0, 0.05) is 23.1 Å². The van der Waals surface area contributed by atoms with Crippen molar-refractivity contribution in [2.45, 2.75) is 25.1 Å². The summed E-state index contributed by atoms with van der Waals surface area (Å²) in [6, 6.07) is 0. The zero-order chi connectivity index (χ0) is 18.7. The summed E-state index contributed by atoms with van der Waals surface area (Å²) in [5, 5.41) is 27.7. The van der Waals surface area contributed by atoms with Gasteiger partial charge in [-0.3, -0.25) is 20.2 Å². The van der Waals surface area contributed by atoms with Gasteiger partial charge in [0.15, 0.2) is 6.23 Å². The lowest BCUT2D eigenvalue weighted by Gasteiger charge is -2.24. The van der Waals surface area contributed by atoms with Crippen molar-refractivity contribution in [2.75, 3.05) is 6.61 Å². The van der Waals surface area contributed by atoms with E-state index in [0.717, 1.165) is 0 Å². The van der Waals surface area contributed by atoms with Gasteiger partial charge in [0.05, 0.1) is 32.3 Å². The van der Waals surface area contributed by atoms with E-state index in [1.54, 1.807) is 6.92 Å². The topological polar surface area (TPSA) is 120 Å². The Morgan fingerprint density at radius 1 is 1.16 bits per heavy atom. The van der Waals surface area contributed by atoms with Crippen molar-refractivity contribution in [2.24, 2.45) is 0 Å². The Morgan fingerprint density at radius 2 is 1.76 bits per heavy atom. The highest BCUT2D eigenvalue weighted by Gasteiger charge is 2.28. The summed E-state index contributed by atoms with van der Waals surface area (Å²) in [4.78, 5) is 21.0. The molecule has 0 amide bonds. The molecular formula is C13H13Br2ClN4O5. The predicted octanol–water partition coefficient (Wildman–Crippen LogP) is 3.04. The van der Waals surface area contributed by atoms with Crippen LogP contribution >= 0.6 is 43.5 Å². The second-order valence-corrected chi connectivity index (χ2v) is 7.37. The average Bonchev–Trinajstić information content (AvgIpc) is 2.52. The minimum absolute atomic E-state index is 0.0565. The van der Waals surface area contributed by atoms with Gasteiger partial charge in [0.2, 0.25) is 0 Å². The van der Waals surface area contributed by atoms with Crippen LogP contribution in [0.4, 0.5) is 0 Å². The normalized spacial score (nSPS) is 23.5. The van der Waals surface area contributed by atoms with Crippen LogP contribution in [-0.2, 0) is 4.74 Å². The number of hydrogen-bond donors (Lipinski definition) is 2. The molecule has 25 heavy (non-hydrogen) atoms. The van der Waals surface area contributed by atoms with E-state index >= 15 is 0 Å². The van der Waals surface area contributed by atoms with Crippen molar-refractivity contribution in [1.82, 2.24) is 10.6 Å². The first-order chi connectivity index (χ1) is 11.7. The Morgan fingerprint density at radius 3 is 2.36 bits per heavy atom. The summed E-state index contributed by atoms with van der Waals surface area (Å²) in [7, 11) is 0. The number of dihydropyridines is 2. The second kappa shape index (κ2) is 8.30. The molecule has 0 aromatic carbocycles. The molecule has 0 aliphatic carbocycles. The fraction of sp³-hybridized carbons (Fsp3) is 0.385. The van der Waals surface area contributed by atoms with Gasteiger partial charge in [-0.2, -0.15) is 0 Å². The maximum atomic E-state index is 11.1. The van der Waals surface area contributed by atoms with E-state index in [1.807, 2.05) is 0 Å². The molecule has 0 saturated heterocycles. The van der Waals surface area contributed by atoms with Gasteiger partial charge in [-0.15, -0.1) is 0 Å². The standard InChI is InChI=1S/C13H13Br2ClN4O5/c1-6-10(19(21)22)5-8(15)13(17-6)25-3-2-9-11(20(23)24)4-7(14)12(16)18-9/h4-5,12-13,17-18H,2-3H2,1H3. The molecular weight excluding hydrogens is 487 g/mol. The van der Waals surface area contributed by atoms with E-state index in [2.05, 4.69) is 42.5 Å². The molecule has 12 heteroatoms. The van der Waals surface area contributed by atoms with Crippen LogP contribution in [0, 0.1) is 20.2 Å². The Labute approximate surface area is 164 Å². The quantitative estimate of drug-likeness (QED) is 0.249. The summed E-state index contributed by atoms with van der Waals surface area (Å²) < 4.78 is 6.56. The number of nitrogens with one attached hydrogen (secondary N) is 2. The number of nitrogens with zero attached hydrogens (tertiary/aromatic N) is 2. The Hall–Kier alpha value is -1.43. The van der Waals surface area contributed by atoms with E-state index in [9.17, 15) is 20.2 Å². The molecule has 2 heterocycles. The summed E-state index contributed by atoms with van der Waals surface area (Å²) in [6.07, 6.45) is 2.33. The van der Waals surface area contributed by atoms with Crippen LogP contribution in [0.3, 0.4) is 0 Å². The minimum atomic E-state index is -0.610.